The summed E-state index contributed by atoms with van der Waals surface area (Å²) in [4.78, 5) is 1.67. The summed E-state index contributed by atoms with van der Waals surface area (Å²) in [5.74, 6) is 3.04. The largest absolute Gasteiger partial charge is 0.484 e. The van der Waals surface area contributed by atoms with Gasteiger partial charge in [0.25, 0.3) is 0 Å². The van der Waals surface area contributed by atoms with Crippen molar-refractivity contribution >= 4 is 23.4 Å². The third kappa shape index (κ3) is 5.86. The normalized spacial score (nSPS) is 11.1. The van der Waals surface area contributed by atoms with E-state index in [9.17, 15) is 0 Å². The molecular formula is C22H24ClN7OS. The van der Waals surface area contributed by atoms with Crippen LogP contribution in [0.5, 0.6) is 5.75 Å². The highest BCUT2D eigenvalue weighted by Crippen LogP contribution is 2.24. The van der Waals surface area contributed by atoms with E-state index in [-0.39, 0.29) is 0 Å². The van der Waals surface area contributed by atoms with E-state index in [4.69, 9.17) is 16.3 Å². The van der Waals surface area contributed by atoms with Gasteiger partial charge in [0.15, 0.2) is 11.0 Å². The molecule has 0 aliphatic heterocycles. The Labute approximate surface area is 196 Å². The maximum atomic E-state index is 6.13. The highest BCUT2D eigenvalue weighted by molar-refractivity contribution is 7.99. The summed E-state index contributed by atoms with van der Waals surface area (Å²) < 4.78 is 7.73. The lowest BCUT2D eigenvalue weighted by molar-refractivity contribution is 0.290. The minimum atomic E-state index is 0.323. The van der Waals surface area contributed by atoms with Gasteiger partial charge in [0, 0.05) is 18.4 Å². The Bertz CT molecular complexity index is 1130. The number of rotatable bonds is 11. The second-order valence-electron chi connectivity index (χ2n) is 7.16. The highest BCUT2D eigenvalue weighted by atomic mass is 35.5. The van der Waals surface area contributed by atoms with Gasteiger partial charge in [0.05, 0.1) is 11.6 Å². The maximum Gasteiger partial charge on any atom is 0.204 e. The Balaban J connectivity index is 1.16. The number of para-hydroxylation sites is 1. The van der Waals surface area contributed by atoms with Crippen molar-refractivity contribution in [3.63, 3.8) is 0 Å². The van der Waals surface area contributed by atoms with Crippen LogP contribution in [0.2, 0.25) is 5.02 Å². The van der Waals surface area contributed by atoms with Gasteiger partial charge in [-0.05, 0) is 30.2 Å². The number of benzene rings is 2. The lowest BCUT2D eigenvalue weighted by Crippen LogP contribution is -2.04. The molecule has 32 heavy (non-hydrogen) atoms. The van der Waals surface area contributed by atoms with Gasteiger partial charge in [-0.1, -0.05) is 72.2 Å². The second kappa shape index (κ2) is 11.1. The van der Waals surface area contributed by atoms with E-state index in [0.717, 1.165) is 48.1 Å². The molecule has 0 unspecified atom stereocenters. The lowest BCUT2D eigenvalue weighted by Gasteiger charge is -2.07. The van der Waals surface area contributed by atoms with Crippen molar-refractivity contribution in [2.45, 2.75) is 37.6 Å². The SMILES string of the molecule is Cn1c(COc2ccccc2Cl)nnc1SCCCCCn1nnc(-c2ccccc2)n1. The maximum absolute atomic E-state index is 6.13. The number of nitrogens with zero attached hydrogens (tertiary/aromatic N) is 7. The van der Waals surface area contributed by atoms with Gasteiger partial charge < -0.3 is 9.30 Å². The number of aromatic nitrogens is 7. The smallest absolute Gasteiger partial charge is 0.204 e. The molecule has 4 rings (SSSR count). The van der Waals surface area contributed by atoms with Crippen molar-refractivity contribution in [1.82, 2.24) is 35.0 Å². The van der Waals surface area contributed by atoms with E-state index in [1.54, 1.807) is 22.6 Å². The van der Waals surface area contributed by atoms with Gasteiger partial charge in [-0.25, -0.2) is 0 Å². The average Bonchev–Trinajstić information content (AvgIpc) is 3.43. The first kappa shape index (κ1) is 22.3. The first-order valence-electron chi connectivity index (χ1n) is 10.4. The highest BCUT2D eigenvalue weighted by Gasteiger charge is 2.11. The zero-order valence-electron chi connectivity index (χ0n) is 17.8. The Kier molecular flexibility index (Phi) is 7.73. The Hall–Kier alpha value is -2.91. The zero-order chi connectivity index (χ0) is 22.2. The van der Waals surface area contributed by atoms with Crippen LogP contribution in [0.4, 0.5) is 0 Å². The number of thioether (sulfide) groups is 1. The van der Waals surface area contributed by atoms with Crippen LogP contribution in [0.3, 0.4) is 0 Å². The summed E-state index contributed by atoms with van der Waals surface area (Å²) in [6, 6.07) is 17.3. The zero-order valence-corrected chi connectivity index (χ0v) is 19.3. The average molecular weight is 470 g/mol. The van der Waals surface area contributed by atoms with Gasteiger partial charge in [0.2, 0.25) is 5.82 Å². The Morgan fingerprint density at radius 3 is 2.59 bits per heavy atom. The first-order chi connectivity index (χ1) is 15.7. The molecule has 0 atom stereocenters. The van der Waals surface area contributed by atoms with Gasteiger partial charge in [-0.3, -0.25) is 0 Å². The molecule has 2 heterocycles. The molecule has 0 saturated carbocycles. The summed E-state index contributed by atoms with van der Waals surface area (Å²) in [7, 11) is 1.95. The van der Waals surface area contributed by atoms with E-state index in [2.05, 4.69) is 25.6 Å². The van der Waals surface area contributed by atoms with E-state index < -0.39 is 0 Å². The van der Waals surface area contributed by atoms with Gasteiger partial charge >= 0.3 is 0 Å². The molecule has 0 fully saturated rings. The molecule has 0 radical (unpaired) electrons. The quantitative estimate of drug-likeness (QED) is 0.233. The number of tetrazole rings is 1. The fourth-order valence-electron chi connectivity index (χ4n) is 3.04. The second-order valence-corrected chi connectivity index (χ2v) is 8.63. The first-order valence-corrected chi connectivity index (χ1v) is 11.8. The van der Waals surface area contributed by atoms with E-state index in [1.165, 1.54) is 0 Å². The van der Waals surface area contributed by atoms with Crippen molar-refractivity contribution < 1.29 is 4.74 Å². The molecule has 0 saturated heterocycles. The van der Waals surface area contributed by atoms with Crippen LogP contribution in [-0.2, 0) is 20.2 Å². The third-order valence-electron chi connectivity index (χ3n) is 4.84. The summed E-state index contributed by atoms with van der Waals surface area (Å²) in [6.07, 6.45) is 3.15. The van der Waals surface area contributed by atoms with Crippen molar-refractivity contribution in [2.75, 3.05) is 5.75 Å². The molecule has 0 aliphatic rings. The molecule has 166 valence electrons. The number of hydrogen-bond donors (Lipinski definition) is 0. The number of unbranched alkanes of at least 4 members (excludes halogenated alkanes) is 2. The number of ether oxygens (including phenoxy) is 1. The predicted octanol–water partition coefficient (Wildman–Crippen LogP) is 4.66. The summed E-state index contributed by atoms with van der Waals surface area (Å²) in [5, 5.41) is 22.7. The van der Waals surface area contributed by atoms with E-state index in [0.29, 0.717) is 23.2 Å². The summed E-state index contributed by atoms with van der Waals surface area (Å²) >= 11 is 7.83. The van der Waals surface area contributed by atoms with Crippen molar-refractivity contribution in [1.29, 1.82) is 0 Å². The van der Waals surface area contributed by atoms with Crippen LogP contribution in [0.1, 0.15) is 25.1 Å². The standard InChI is InChI=1S/C22H24ClN7OS/c1-29-20(16-31-19-13-7-6-12-18(19)23)24-26-22(29)32-15-9-3-8-14-30-27-21(25-28-30)17-10-4-2-5-11-17/h2,4-7,10-13H,3,8-9,14-16H2,1H3. The summed E-state index contributed by atoms with van der Waals surface area (Å²) in [6.45, 7) is 1.08. The van der Waals surface area contributed by atoms with Crippen molar-refractivity contribution in [2.24, 2.45) is 7.05 Å². The fraction of sp³-hybridized carbons (Fsp3) is 0.318. The fourth-order valence-corrected chi connectivity index (χ4v) is 4.16. The van der Waals surface area contributed by atoms with E-state index >= 15 is 0 Å². The van der Waals surface area contributed by atoms with Crippen LogP contribution >= 0.6 is 23.4 Å². The van der Waals surface area contributed by atoms with Crippen LogP contribution in [0, 0.1) is 0 Å². The molecule has 10 heteroatoms. The molecule has 8 nitrogen and oxygen atoms in total. The molecule has 0 aliphatic carbocycles. The van der Waals surface area contributed by atoms with Crippen LogP contribution in [0.25, 0.3) is 11.4 Å². The minimum absolute atomic E-state index is 0.323. The summed E-state index contributed by atoms with van der Waals surface area (Å²) in [5.41, 5.74) is 0.982. The minimum Gasteiger partial charge on any atom is -0.484 e. The lowest BCUT2D eigenvalue weighted by atomic mass is 10.2. The monoisotopic (exact) mass is 469 g/mol. The Morgan fingerprint density at radius 2 is 1.75 bits per heavy atom. The molecule has 2 aromatic heterocycles. The molecule has 0 N–H and O–H groups in total. The van der Waals surface area contributed by atoms with Gasteiger partial charge in [0.1, 0.15) is 12.4 Å². The molecule has 0 spiro atoms. The van der Waals surface area contributed by atoms with Crippen molar-refractivity contribution in [3.8, 4) is 17.1 Å². The number of aryl methyl sites for hydroxylation is 1. The van der Waals surface area contributed by atoms with Crippen molar-refractivity contribution in [3.05, 3.63) is 65.4 Å². The predicted molar refractivity (Wildman–Crippen MR) is 125 cm³/mol. The van der Waals surface area contributed by atoms with Gasteiger partial charge in [-0.15, -0.1) is 20.4 Å². The topological polar surface area (TPSA) is 83.5 Å². The van der Waals surface area contributed by atoms with Crippen LogP contribution in [-0.4, -0.2) is 40.7 Å². The van der Waals surface area contributed by atoms with E-state index in [1.807, 2.05) is 60.1 Å². The number of hydrogen-bond acceptors (Lipinski definition) is 7. The van der Waals surface area contributed by atoms with Crippen LogP contribution in [0.15, 0.2) is 59.8 Å². The third-order valence-corrected chi connectivity index (χ3v) is 6.26. The molecular weight excluding hydrogens is 446 g/mol. The van der Waals surface area contributed by atoms with Crippen LogP contribution < -0.4 is 4.74 Å². The van der Waals surface area contributed by atoms with Gasteiger partial charge in [-0.2, -0.15) is 4.80 Å². The molecule has 0 amide bonds. The number of halogens is 1. The molecule has 4 aromatic rings. The molecule has 0 bridgehead atoms. The molecule has 2 aromatic carbocycles. The Morgan fingerprint density at radius 1 is 0.938 bits per heavy atom.